The van der Waals surface area contributed by atoms with E-state index in [9.17, 15) is 14.3 Å². The van der Waals surface area contributed by atoms with Crippen molar-refractivity contribution in [3.05, 3.63) is 58.0 Å². The number of halogens is 1. The minimum absolute atomic E-state index is 0.0325. The van der Waals surface area contributed by atoms with Gasteiger partial charge in [0.05, 0.1) is 6.54 Å². The third kappa shape index (κ3) is 4.65. The maximum absolute atomic E-state index is 12.8. The summed E-state index contributed by atoms with van der Waals surface area (Å²) in [6.07, 6.45) is 0.266. The van der Waals surface area contributed by atoms with Crippen molar-refractivity contribution in [2.24, 2.45) is 0 Å². The number of aryl methyl sites for hydroxylation is 1. The zero-order chi connectivity index (χ0) is 15.2. The lowest BCUT2D eigenvalue weighted by Crippen LogP contribution is -2.31. The van der Waals surface area contributed by atoms with Crippen LogP contribution in [0.4, 0.5) is 4.39 Å². The predicted molar refractivity (Wildman–Crippen MR) is 81.6 cm³/mol. The summed E-state index contributed by atoms with van der Waals surface area (Å²) < 4.78 is 12.8. The first kappa shape index (κ1) is 15.7. The number of hydrogen-bond donors (Lipinski definition) is 1. The van der Waals surface area contributed by atoms with Crippen LogP contribution in [0, 0.1) is 5.82 Å². The summed E-state index contributed by atoms with van der Waals surface area (Å²) in [5.41, 5.74) is 0.928. The zero-order valence-corrected chi connectivity index (χ0v) is 12.6. The minimum atomic E-state index is -0.648. The Morgan fingerprint density at radius 2 is 2.05 bits per heavy atom. The fourth-order valence-corrected chi connectivity index (χ4v) is 2.73. The van der Waals surface area contributed by atoms with Crippen LogP contribution in [0.15, 0.2) is 41.8 Å². The van der Waals surface area contributed by atoms with Crippen molar-refractivity contribution in [1.82, 2.24) is 4.90 Å². The molecule has 0 aliphatic heterocycles. The Labute approximate surface area is 127 Å². The second kappa shape index (κ2) is 7.33. The SMILES string of the molecule is CN(CC(O)c1cccs1)C(=O)CCc1ccc(F)cc1. The van der Waals surface area contributed by atoms with E-state index in [1.54, 1.807) is 19.2 Å². The molecular weight excluding hydrogens is 289 g/mol. The number of thiophene rings is 1. The summed E-state index contributed by atoms with van der Waals surface area (Å²) >= 11 is 1.47. The van der Waals surface area contributed by atoms with Crippen LogP contribution >= 0.6 is 11.3 Å². The number of hydrogen-bond acceptors (Lipinski definition) is 3. The highest BCUT2D eigenvalue weighted by Crippen LogP contribution is 2.19. The average molecular weight is 307 g/mol. The summed E-state index contributed by atoms with van der Waals surface area (Å²) in [5, 5.41) is 11.9. The number of likely N-dealkylation sites (N-methyl/N-ethyl adjacent to an activating group) is 1. The molecule has 1 amide bonds. The van der Waals surface area contributed by atoms with E-state index in [4.69, 9.17) is 0 Å². The van der Waals surface area contributed by atoms with Gasteiger partial charge in [-0.25, -0.2) is 4.39 Å². The molecule has 0 saturated heterocycles. The lowest BCUT2D eigenvalue weighted by atomic mass is 10.1. The van der Waals surface area contributed by atoms with Crippen LogP contribution < -0.4 is 0 Å². The van der Waals surface area contributed by atoms with E-state index in [2.05, 4.69) is 0 Å². The van der Waals surface area contributed by atoms with Gasteiger partial charge in [0.2, 0.25) is 5.91 Å². The Kier molecular flexibility index (Phi) is 5.47. The summed E-state index contributed by atoms with van der Waals surface area (Å²) in [6, 6.07) is 9.88. The van der Waals surface area contributed by atoms with Gasteiger partial charge in [-0.15, -0.1) is 11.3 Å². The van der Waals surface area contributed by atoms with Gasteiger partial charge in [-0.2, -0.15) is 0 Å². The first-order valence-corrected chi connectivity index (χ1v) is 7.64. The van der Waals surface area contributed by atoms with E-state index in [0.29, 0.717) is 12.8 Å². The number of benzene rings is 1. The Morgan fingerprint density at radius 1 is 1.33 bits per heavy atom. The highest BCUT2D eigenvalue weighted by atomic mass is 32.1. The molecule has 0 spiro atoms. The Morgan fingerprint density at radius 3 is 2.67 bits per heavy atom. The monoisotopic (exact) mass is 307 g/mol. The van der Waals surface area contributed by atoms with Crippen molar-refractivity contribution in [3.63, 3.8) is 0 Å². The van der Waals surface area contributed by atoms with Crippen LogP contribution in [0.25, 0.3) is 0 Å². The molecule has 112 valence electrons. The van der Waals surface area contributed by atoms with Crippen LogP contribution in [0.2, 0.25) is 0 Å². The van der Waals surface area contributed by atoms with Gasteiger partial charge in [0.25, 0.3) is 0 Å². The number of carbonyl (C=O) groups is 1. The standard InChI is InChI=1S/C16H18FNO2S/c1-18(11-14(19)15-3-2-10-21-15)16(20)9-6-12-4-7-13(17)8-5-12/h2-5,7-8,10,14,19H,6,9,11H2,1H3. The third-order valence-corrected chi connectivity index (χ3v) is 4.26. The minimum Gasteiger partial charge on any atom is -0.386 e. The van der Waals surface area contributed by atoms with Crippen LogP contribution in [0.1, 0.15) is 23.0 Å². The second-order valence-electron chi connectivity index (χ2n) is 4.93. The van der Waals surface area contributed by atoms with Crippen LogP contribution in [-0.2, 0) is 11.2 Å². The fourth-order valence-electron chi connectivity index (χ4n) is 2.03. The quantitative estimate of drug-likeness (QED) is 0.891. The molecule has 1 unspecified atom stereocenters. The van der Waals surface area contributed by atoms with Gasteiger partial charge in [-0.3, -0.25) is 4.79 Å². The topological polar surface area (TPSA) is 40.5 Å². The molecule has 1 atom stereocenters. The molecule has 1 heterocycles. The van der Waals surface area contributed by atoms with Crippen molar-refractivity contribution in [2.75, 3.05) is 13.6 Å². The molecule has 1 N–H and O–H groups in total. The van der Waals surface area contributed by atoms with E-state index in [0.717, 1.165) is 10.4 Å². The normalized spacial score (nSPS) is 12.1. The molecule has 0 radical (unpaired) electrons. The molecule has 0 bridgehead atoms. The smallest absolute Gasteiger partial charge is 0.222 e. The number of amides is 1. The molecule has 0 aliphatic carbocycles. The Hall–Kier alpha value is -1.72. The summed E-state index contributed by atoms with van der Waals surface area (Å²) in [7, 11) is 1.68. The van der Waals surface area contributed by atoms with Gasteiger partial charge in [0.1, 0.15) is 11.9 Å². The number of aliphatic hydroxyl groups is 1. The van der Waals surface area contributed by atoms with Gasteiger partial charge >= 0.3 is 0 Å². The molecule has 2 rings (SSSR count). The maximum Gasteiger partial charge on any atom is 0.222 e. The van der Waals surface area contributed by atoms with Crippen LogP contribution in [0.5, 0.6) is 0 Å². The molecule has 0 aliphatic rings. The van der Waals surface area contributed by atoms with Crippen LogP contribution in [0.3, 0.4) is 0 Å². The third-order valence-electron chi connectivity index (χ3n) is 3.28. The number of nitrogens with zero attached hydrogens (tertiary/aromatic N) is 1. The van der Waals surface area contributed by atoms with E-state index in [1.807, 2.05) is 17.5 Å². The van der Waals surface area contributed by atoms with Gasteiger partial charge in [-0.05, 0) is 35.6 Å². The first-order valence-electron chi connectivity index (χ1n) is 6.76. The largest absolute Gasteiger partial charge is 0.386 e. The van der Waals surface area contributed by atoms with Gasteiger partial charge in [0.15, 0.2) is 0 Å². The molecule has 2 aromatic rings. The molecule has 5 heteroatoms. The Balaban J connectivity index is 1.81. The van der Waals surface area contributed by atoms with E-state index < -0.39 is 6.10 Å². The molecule has 21 heavy (non-hydrogen) atoms. The molecular formula is C16H18FNO2S. The van der Waals surface area contributed by atoms with Gasteiger partial charge in [-0.1, -0.05) is 18.2 Å². The lowest BCUT2D eigenvalue weighted by molar-refractivity contribution is -0.131. The van der Waals surface area contributed by atoms with Gasteiger partial charge < -0.3 is 10.0 Å². The number of carbonyl (C=O) groups excluding carboxylic acids is 1. The predicted octanol–water partition coefficient (Wildman–Crippen LogP) is 3.01. The zero-order valence-electron chi connectivity index (χ0n) is 11.8. The van der Waals surface area contributed by atoms with E-state index >= 15 is 0 Å². The number of rotatable bonds is 6. The highest BCUT2D eigenvalue weighted by molar-refractivity contribution is 7.10. The van der Waals surface area contributed by atoms with Crippen molar-refractivity contribution in [1.29, 1.82) is 0 Å². The lowest BCUT2D eigenvalue weighted by Gasteiger charge is -2.20. The first-order chi connectivity index (χ1) is 10.1. The summed E-state index contributed by atoms with van der Waals surface area (Å²) in [4.78, 5) is 14.4. The Bertz CT molecular complexity index is 568. The van der Waals surface area contributed by atoms with E-state index in [1.165, 1.54) is 28.4 Å². The number of aliphatic hydroxyl groups excluding tert-OH is 1. The average Bonchev–Trinajstić information content (AvgIpc) is 3.00. The molecule has 3 nitrogen and oxygen atoms in total. The molecule has 0 fully saturated rings. The van der Waals surface area contributed by atoms with Crippen molar-refractivity contribution in [2.45, 2.75) is 18.9 Å². The van der Waals surface area contributed by atoms with Gasteiger partial charge in [0, 0.05) is 18.3 Å². The van der Waals surface area contributed by atoms with E-state index in [-0.39, 0.29) is 18.3 Å². The summed E-state index contributed by atoms with van der Waals surface area (Å²) in [5.74, 6) is -0.309. The molecule has 1 aromatic heterocycles. The fraction of sp³-hybridized carbons (Fsp3) is 0.312. The van der Waals surface area contributed by atoms with Crippen LogP contribution in [-0.4, -0.2) is 29.5 Å². The molecule has 0 saturated carbocycles. The highest BCUT2D eigenvalue weighted by Gasteiger charge is 2.15. The van der Waals surface area contributed by atoms with Crippen molar-refractivity contribution in [3.8, 4) is 0 Å². The maximum atomic E-state index is 12.8. The molecule has 1 aromatic carbocycles. The summed E-state index contributed by atoms with van der Waals surface area (Å²) in [6.45, 7) is 0.281. The van der Waals surface area contributed by atoms with Crippen molar-refractivity contribution < 1.29 is 14.3 Å². The second-order valence-corrected chi connectivity index (χ2v) is 5.91. The van der Waals surface area contributed by atoms with Crippen molar-refractivity contribution >= 4 is 17.2 Å².